The van der Waals surface area contributed by atoms with Gasteiger partial charge in [-0.2, -0.15) is 0 Å². The van der Waals surface area contributed by atoms with E-state index in [0.717, 1.165) is 11.3 Å². The number of rotatable bonds is 1. The molecule has 0 atom stereocenters. The van der Waals surface area contributed by atoms with Crippen LogP contribution in [0.1, 0.15) is 5.56 Å². The number of phenolic OH excluding ortho intramolecular Hbond substituents is 1. The predicted octanol–water partition coefficient (Wildman–Crippen LogP) is 1.05. The molecule has 0 unspecified atom stereocenters. The van der Waals surface area contributed by atoms with Crippen molar-refractivity contribution in [2.24, 2.45) is 0 Å². The smallest absolute Gasteiger partial charge is 0.319 e. The van der Waals surface area contributed by atoms with E-state index in [1.807, 2.05) is 6.08 Å². The normalized spacial score (nSPS) is 18.0. The van der Waals surface area contributed by atoms with Crippen LogP contribution in [0.4, 0.5) is 4.79 Å². The van der Waals surface area contributed by atoms with Crippen LogP contribution in [-0.4, -0.2) is 17.7 Å². The van der Waals surface area contributed by atoms with Gasteiger partial charge in [0.15, 0.2) is 0 Å². The van der Waals surface area contributed by atoms with Crippen molar-refractivity contribution in [2.75, 3.05) is 6.54 Å². The number of urea groups is 1. The molecule has 0 aliphatic carbocycles. The average molecular weight is 190 g/mol. The van der Waals surface area contributed by atoms with Gasteiger partial charge in [0.05, 0.1) is 6.54 Å². The number of aromatic hydroxyl groups is 1. The van der Waals surface area contributed by atoms with Gasteiger partial charge in [-0.15, -0.1) is 0 Å². The highest BCUT2D eigenvalue weighted by atomic mass is 16.3. The second kappa shape index (κ2) is 3.41. The quantitative estimate of drug-likeness (QED) is 0.619. The lowest BCUT2D eigenvalue weighted by atomic mass is 10.2. The van der Waals surface area contributed by atoms with Crippen molar-refractivity contribution >= 4 is 12.1 Å². The molecule has 1 aliphatic rings. The number of carbonyl (C=O) groups is 1. The number of hydrogen-bond donors (Lipinski definition) is 3. The summed E-state index contributed by atoms with van der Waals surface area (Å²) in [5, 5.41) is 14.4. The molecule has 1 saturated heterocycles. The van der Waals surface area contributed by atoms with E-state index in [-0.39, 0.29) is 11.8 Å². The summed E-state index contributed by atoms with van der Waals surface area (Å²) in [5.41, 5.74) is 1.78. The van der Waals surface area contributed by atoms with E-state index in [0.29, 0.717) is 6.54 Å². The van der Waals surface area contributed by atoms with Crippen LogP contribution in [-0.2, 0) is 0 Å². The Morgan fingerprint density at radius 3 is 2.57 bits per heavy atom. The number of amides is 2. The molecule has 1 aliphatic heterocycles. The third kappa shape index (κ3) is 1.85. The minimum absolute atomic E-state index is 0.171. The molecular weight excluding hydrogens is 180 g/mol. The van der Waals surface area contributed by atoms with Crippen LogP contribution >= 0.6 is 0 Å². The fourth-order valence-corrected chi connectivity index (χ4v) is 1.27. The lowest BCUT2D eigenvalue weighted by Gasteiger charge is -1.97. The van der Waals surface area contributed by atoms with Crippen LogP contribution in [0.3, 0.4) is 0 Å². The molecule has 0 spiro atoms. The van der Waals surface area contributed by atoms with Gasteiger partial charge in [0.2, 0.25) is 0 Å². The Bertz CT molecular complexity index is 382. The molecule has 1 aromatic carbocycles. The average Bonchev–Trinajstić information content (AvgIpc) is 2.56. The standard InChI is InChI=1S/C10H10N2O2/c13-9-3-1-7(2-4-9)5-8-6-11-10(14)12-8/h1-5,13H,6H2,(H2,11,12,14). The fourth-order valence-electron chi connectivity index (χ4n) is 1.27. The minimum Gasteiger partial charge on any atom is -0.508 e. The maximum Gasteiger partial charge on any atom is 0.319 e. The number of carbonyl (C=O) groups excluding carboxylic acids is 1. The highest BCUT2D eigenvalue weighted by Crippen LogP contribution is 2.12. The van der Waals surface area contributed by atoms with Crippen molar-refractivity contribution in [3.05, 3.63) is 35.5 Å². The van der Waals surface area contributed by atoms with E-state index < -0.39 is 0 Å². The highest BCUT2D eigenvalue weighted by molar-refractivity contribution is 5.81. The summed E-state index contributed by atoms with van der Waals surface area (Å²) in [6, 6.07) is 6.61. The van der Waals surface area contributed by atoms with Gasteiger partial charge in [0, 0.05) is 5.70 Å². The van der Waals surface area contributed by atoms with Gasteiger partial charge in [-0.05, 0) is 23.8 Å². The van der Waals surface area contributed by atoms with E-state index in [9.17, 15) is 4.79 Å². The molecule has 2 rings (SSSR count). The van der Waals surface area contributed by atoms with Crippen molar-refractivity contribution in [3.63, 3.8) is 0 Å². The molecule has 4 nitrogen and oxygen atoms in total. The number of nitrogens with one attached hydrogen (secondary N) is 2. The molecular formula is C10H10N2O2. The van der Waals surface area contributed by atoms with Gasteiger partial charge < -0.3 is 15.7 Å². The zero-order valence-electron chi connectivity index (χ0n) is 7.45. The number of phenols is 1. The predicted molar refractivity (Wildman–Crippen MR) is 52.6 cm³/mol. The Kier molecular flexibility index (Phi) is 2.10. The van der Waals surface area contributed by atoms with Gasteiger partial charge in [-0.25, -0.2) is 4.79 Å². The molecule has 0 aromatic heterocycles. The molecule has 0 bridgehead atoms. The van der Waals surface area contributed by atoms with Crippen molar-refractivity contribution in [1.29, 1.82) is 0 Å². The third-order valence-corrected chi connectivity index (χ3v) is 1.95. The maximum atomic E-state index is 10.8. The van der Waals surface area contributed by atoms with E-state index >= 15 is 0 Å². The fraction of sp³-hybridized carbons (Fsp3) is 0.100. The number of hydrogen-bond acceptors (Lipinski definition) is 2. The topological polar surface area (TPSA) is 61.4 Å². The largest absolute Gasteiger partial charge is 0.508 e. The molecule has 4 heteroatoms. The van der Waals surface area contributed by atoms with Crippen molar-refractivity contribution in [3.8, 4) is 5.75 Å². The van der Waals surface area contributed by atoms with Crippen molar-refractivity contribution in [1.82, 2.24) is 10.6 Å². The van der Waals surface area contributed by atoms with Crippen LogP contribution in [0.15, 0.2) is 30.0 Å². The molecule has 0 saturated carbocycles. The van der Waals surface area contributed by atoms with E-state index in [1.54, 1.807) is 24.3 Å². The SMILES string of the molecule is O=C1NCC(=Cc2ccc(O)cc2)N1. The Morgan fingerprint density at radius 1 is 1.29 bits per heavy atom. The first-order valence-corrected chi connectivity index (χ1v) is 4.28. The van der Waals surface area contributed by atoms with E-state index in [1.165, 1.54) is 0 Å². The van der Waals surface area contributed by atoms with Crippen LogP contribution in [0.5, 0.6) is 5.75 Å². The molecule has 72 valence electrons. The summed E-state index contributed by atoms with van der Waals surface area (Å²) in [6.07, 6.45) is 1.86. The summed E-state index contributed by atoms with van der Waals surface area (Å²) in [7, 11) is 0. The molecule has 1 aromatic rings. The Hall–Kier alpha value is -1.97. The minimum atomic E-state index is -0.171. The molecule has 14 heavy (non-hydrogen) atoms. The van der Waals surface area contributed by atoms with E-state index in [2.05, 4.69) is 10.6 Å². The lowest BCUT2D eigenvalue weighted by Crippen LogP contribution is -2.19. The van der Waals surface area contributed by atoms with Crippen LogP contribution < -0.4 is 10.6 Å². The number of benzene rings is 1. The van der Waals surface area contributed by atoms with E-state index in [4.69, 9.17) is 5.11 Å². The van der Waals surface area contributed by atoms with Crippen LogP contribution in [0.2, 0.25) is 0 Å². The van der Waals surface area contributed by atoms with Gasteiger partial charge in [0.25, 0.3) is 0 Å². The van der Waals surface area contributed by atoms with Crippen molar-refractivity contribution in [2.45, 2.75) is 0 Å². The summed E-state index contributed by atoms with van der Waals surface area (Å²) in [5.74, 6) is 0.237. The van der Waals surface area contributed by atoms with Crippen LogP contribution in [0, 0.1) is 0 Å². The summed E-state index contributed by atoms with van der Waals surface area (Å²) in [6.45, 7) is 0.527. The Balaban J connectivity index is 2.17. The first-order valence-electron chi connectivity index (χ1n) is 4.28. The monoisotopic (exact) mass is 190 g/mol. The van der Waals surface area contributed by atoms with Crippen LogP contribution in [0.25, 0.3) is 6.08 Å². The molecule has 3 N–H and O–H groups in total. The lowest BCUT2D eigenvalue weighted by molar-refractivity contribution is 0.249. The maximum absolute atomic E-state index is 10.8. The highest BCUT2D eigenvalue weighted by Gasteiger charge is 2.11. The molecule has 1 fully saturated rings. The zero-order chi connectivity index (χ0) is 9.97. The molecule has 2 amide bonds. The first-order chi connectivity index (χ1) is 6.74. The van der Waals surface area contributed by atoms with Gasteiger partial charge in [0.1, 0.15) is 5.75 Å². The second-order valence-electron chi connectivity index (χ2n) is 3.07. The summed E-state index contributed by atoms with van der Waals surface area (Å²) >= 11 is 0. The van der Waals surface area contributed by atoms with Crippen molar-refractivity contribution < 1.29 is 9.90 Å². The molecule has 0 radical (unpaired) electrons. The first kappa shape index (κ1) is 8.62. The second-order valence-corrected chi connectivity index (χ2v) is 3.07. The van der Waals surface area contributed by atoms with Gasteiger partial charge in [-0.3, -0.25) is 0 Å². The van der Waals surface area contributed by atoms with Gasteiger partial charge in [-0.1, -0.05) is 12.1 Å². The summed E-state index contributed by atoms with van der Waals surface area (Å²) in [4.78, 5) is 10.8. The Morgan fingerprint density at radius 2 is 2.00 bits per heavy atom. The molecule has 1 heterocycles. The summed E-state index contributed by atoms with van der Waals surface area (Å²) < 4.78 is 0. The third-order valence-electron chi connectivity index (χ3n) is 1.95. The Labute approximate surface area is 81.3 Å². The van der Waals surface area contributed by atoms with Gasteiger partial charge >= 0.3 is 6.03 Å². The zero-order valence-corrected chi connectivity index (χ0v) is 7.45.